The predicted molar refractivity (Wildman–Crippen MR) is 94.0 cm³/mol. The number of aromatic nitrogens is 1. The van der Waals surface area contributed by atoms with Crippen molar-refractivity contribution in [2.75, 3.05) is 0 Å². The molecule has 4 rings (SSSR count). The van der Waals surface area contributed by atoms with E-state index in [2.05, 4.69) is 10.6 Å². The molecule has 0 radical (unpaired) electrons. The van der Waals surface area contributed by atoms with Crippen molar-refractivity contribution in [2.45, 2.75) is 25.8 Å². The van der Waals surface area contributed by atoms with Crippen LogP contribution in [0.1, 0.15) is 44.8 Å². The van der Waals surface area contributed by atoms with Gasteiger partial charge >= 0.3 is 0 Å². The van der Waals surface area contributed by atoms with Gasteiger partial charge in [0.15, 0.2) is 5.78 Å². The lowest BCUT2D eigenvalue weighted by atomic mass is 9.94. The standard InChI is InChI=1S/C20H18N2O3/c23-18-7-3-6-17-19(18)15-4-1-2-5-16(15)22(17)12-13-8-10-14(11-9-13)20(24)21-25/h1-2,4-5,8-11,25H,3,6-7,12H2,(H,21,24). The van der Waals surface area contributed by atoms with Gasteiger partial charge in [-0.1, -0.05) is 30.3 Å². The number of amides is 1. The predicted octanol–water partition coefficient (Wildman–Crippen LogP) is 3.33. The van der Waals surface area contributed by atoms with Gasteiger partial charge in [-0.25, -0.2) is 5.48 Å². The number of carbonyl (C=O) groups excluding carboxylic acids is 2. The average Bonchev–Trinajstić information content (AvgIpc) is 2.97. The van der Waals surface area contributed by atoms with Crippen molar-refractivity contribution in [1.82, 2.24) is 10.0 Å². The molecule has 0 spiro atoms. The second kappa shape index (κ2) is 6.18. The quantitative estimate of drug-likeness (QED) is 0.570. The van der Waals surface area contributed by atoms with E-state index in [0.717, 1.165) is 40.6 Å². The number of Topliss-reactive ketones (excluding diaryl/α,β-unsaturated/α-hetero) is 1. The third-order valence-electron chi connectivity index (χ3n) is 4.83. The van der Waals surface area contributed by atoms with Crippen LogP contribution in [0.5, 0.6) is 0 Å². The van der Waals surface area contributed by atoms with Gasteiger partial charge in [0.05, 0.1) is 0 Å². The van der Waals surface area contributed by atoms with Crippen molar-refractivity contribution in [3.05, 3.63) is 70.9 Å². The van der Waals surface area contributed by atoms with Gasteiger partial charge in [0.2, 0.25) is 0 Å². The lowest BCUT2D eigenvalue weighted by molar-refractivity contribution is 0.0706. The topological polar surface area (TPSA) is 71.3 Å². The molecular weight excluding hydrogens is 316 g/mol. The summed E-state index contributed by atoms with van der Waals surface area (Å²) in [5, 5.41) is 9.73. The van der Waals surface area contributed by atoms with E-state index in [4.69, 9.17) is 5.21 Å². The van der Waals surface area contributed by atoms with Gasteiger partial charge < -0.3 is 4.57 Å². The Bertz CT molecular complexity index is 971. The molecule has 126 valence electrons. The summed E-state index contributed by atoms with van der Waals surface area (Å²) in [4.78, 5) is 23.9. The van der Waals surface area contributed by atoms with E-state index in [-0.39, 0.29) is 5.78 Å². The monoisotopic (exact) mass is 334 g/mol. The number of benzene rings is 2. The molecule has 25 heavy (non-hydrogen) atoms. The van der Waals surface area contributed by atoms with Gasteiger partial charge in [-0.05, 0) is 36.6 Å². The number of hydroxylamine groups is 1. The van der Waals surface area contributed by atoms with Crippen molar-refractivity contribution in [2.24, 2.45) is 0 Å². The maximum absolute atomic E-state index is 12.4. The Morgan fingerprint density at radius 1 is 1.08 bits per heavy atom. The van der Waals surface area contributed by atoms with Crippen LogP contribution in [0.4, 0.5) is 0 Å². The Kier molecular flexibility index (Phi) is 3.86. The third-order valence-corrected chi connectivity index (χ3v) is 4.83. The number of ketones is 1. The molecule has 0 saturated heterocycles. The smallest absolute Gasteiger partial charge is 0.274 e. The molecule has 3 aromatic rings. The summed E-state index contributed by atoms with van der Waals surface area (Å²) >= 11 is 0. The molecule has 1 amide bonds. The van der Waals surface area contributed by atoms with E-state index in [1.165, 1.54) is 0 Å². The number of fused-ring (bicyclic) bond motifs is 3. The average molecular weight is 334 g/mol. The lowest BCUT2D eigenvalue weighted by Crippen LogP contribution is -2.18. The van der Waals surface area contributed by atoms with Crippen molar-refractivity contribution in [3.63, 3.8) is 0 Å². The highest BCUT2D eigenvalue weighted by Crippen LogP contribution is 2.32. The van der Waals surface area contributed by atoms with Crippen LogP contribution in [-0.2, 0) is 13.0 Å². The van der Waals surface area contributed by atoms with Crippen molar-refractivity contribution in [1.29, 1.82) is 0 Å². The molecule has 0 saturated carbocycles. The first-order valence-electron chi connectivity index (χ1n) is 8.35. The van der Waals surface area contributed by atoms with Gasteiger partial charge in [0.25, 0.3) is 5.91 Å². The zero-order valence-corrected chi connectivity index (χ0v) is 13.7. The lowest BCUT2D eigenvalue weighted by Gasteiger charge is -2.15. The number of para-hydroxylation sites is 1. The van der Waals surface area contributed by atoms with Crippen molar-refractivity contribution in [3.8, 4) is 0 Å². The summed E-state index contributed by atoms with van der Waals surface area (Å²) in [6, 6.07) is 15.1. The number of hydrogen-bond donors (Lipinski definition) is 2. The zero-order chi connectivity index (χ0) is 17.4. The van der Waals surface area contributed by atoms with Crippen LogP contribution in [0, 0.1) is 0 Å². The Labute approximate surface area is 144 Å². The van der Waals surface area contributed by atoms with E-state index in [0.29, 0.717) is 18.5 Å². The summed E-state index contributed by atoms with van der Waals surface area (Å²) in [6.07, 6.45) is 2.41. The fraction of sp³-hybridized carbons (Fsp3) is 0.200. The zero-order valence-electron chi connectivity index (χ0n) is 13.7. The summed E-state index contributed by atoms with van der Waals surface area (Å²) in [5.74, 6) is -0.299. The normalized spacial score (nSPS) is 13.7. The van der Waals surface area contributed by atoms with Crippen LogP contribution in [0.15, 0.2) is 48.5 Å². The second-order valence-electron chi connectivity index (χ2n) is 6.34. The largest absolute Gasteiger partial charge is 0.339 e. The molecule has 1 aromatic heterocycles. The molecule has 1 aliphatic carbocycles. The number of nitrogens with zero attached hydrogens (tertiary/aromatic N) is 1. The molecule has 5 heteroatoms. The van der Waals surface area contributed by atoms with Gasteiger partial charge in [-0.3, -0.25) is 14.8 Å². The summed E-state index contributed by atoms with van der Waals surface area (Å²) in [6.45, 7) is 0.643. The van der Waals surface area contributed by atoms with Gasteiger partial charge in [0, 0.05) is 40.7 Å². The first-order chi connectivity index (χ1) is 12.2. The van der Waals surface area contributed by atoms with Crippen molar-refractivity contribution >= 4 is 22.6 Å². The van der Waals surface area contributed by atoms with Gasteiger partial charge in [0.1, 0.15) is 0 Å². The molecule has 0 atom stereocenters. The molecule has 5 nitrogen and oxygen atoms in total. The minimum Gasteiger partial charge on any atom is -0.339 e. The minimum atomic E-state index is -0.527. The number of rotatable bonds is 3. The minimum absolute atomic E-state index is 0.228. The number of carbonyl (C=O) groups is 2. The van der Waals surface area contributed by atoms with Gasteiger partial charge in [-0.15, -0.1) is 0 Å². The van der Waals surface area contributed by atoms with Crippen molar-refractivity contribution < 1.29 is 14.8 Å². The molecule has 1 heterocycles. The van der Waals surface area contributed by atoms with E-state index >= 15 is 0 Å². The molecule has 0 bridgehead atoms. The maximum atomic E-state index is 12.4. The van der Waals surface area contributed by atoms with Gasteiger partial charge in [-0.2, -0.15) is 0 Å². The Hall–Kier alpha value is -2.92. The van der Waals surface area contributed by atoms with Crippen LogP contribution in [0.3, 0.4) is 0 Å². The van der Waals surface area contributed by atoms with Crippen LogP contribution in [0.2, 0.25) is 0 Å². The molecule has 1 aliphatic rings. The Balaban J connectivity index is 1.77. The van der Waals surface area contributed by atoms with Crippen LogP contribution in [0.25, 0.3) is 10.9 Å². The molecule has 0 fully saturated rings. The summed E-state index contributed by atoms with van der Waals surface area (Å²) in [7, 11) is 0. The van der Waals surface area contributed by atoms with E-state index in [1.54, 1.807) is 17.6 Å². The maximum Gasteiger partial charge on any atom is 0.274 e. The molecule has 0 aliphatic heterocycles. The molecule has 2 aromatic carbocycles. The number of nitrogens with one attached hydrogen (secondary N) is 1. The fourth-order valence-corrected chi connectivity index (χ4v) is 3.66. The SMILES string of the molecule is O=C(NO)c1ccc(Cn2c3c(c4ccccc42)C(=O)CCC3)cc1. The van der Waals surface area contributed by atoms with Crippen LogP contribution in [-0.4, -0.2) is 21.5 Å². The molecule has 2 N–H and O–H groups in total. The summed E-state index contributed by atoms with van der Waals surface area (Å²) < 4.78 is 2.21. The molecule has 0 unspecified atom stereocenters. The third kappa shape index (κ3) is 2.62. The fourth-order valence-electron chi connectivity index (χ4n) is 3.66. The van der Waals surface area contributed by atoms with Crippen LogP contribution < -0.4 is 5.48 Å². The summed E-state index contributed by atoms with van der Waals surface area (Å²) in [5.41, 5.74) is 6.12. The highest BCUT2D eigenvalue weighted by atomic mass is 16.5. The Morgan fingerprint density at radius 2 is 1.84 bits per heavy atom. The first-order valence-corrected chi connectivity index (χ1v) is 8.35. The number of hydrogen-bond acceptors (Lipinski definition) is 3. The van der Waals surface area contributed by atoms with E-state index < -0.39 is 5.91 Å². The highest BCUT2D eigenvalue weighted by Gasteiger charge is 2.25. The Morgan fingerprint density at radius 3 is 2.60 bits per heavy atom. The first kappa shape index (κ1) is 15.6. The van der Waals surface area contributed by atoms with E-state index in [9.17, 15) is 9.59 Å². The van der Waals surface area contributed by atoms with E-state index in [1.807, 2.05) is 30.3 Å². The second-order valence-corrected chi connectivity index (χ2v) is 6.34. The van der Waals surface area contributed by atoms with Crippen LogP contribution >= 0.6 is 0 Å². The molecular formula is C20H18N2O3. The highest BCUT2D eigenvalue weighted by molar-refractivity contribution is 6.10.